The number of nitrogens with one attached hydrogen (secondary N) is 1. The fourth-order valence-electron chi connectivity index (χ4n) is 3.04. The third kappa shape index (κ3) is 3.25. The van der Waals surface area contributed by atoms with Crippen molar-refractivity contribution in [3.63, 3.8) is 0 Å². The number of hydrogen-bond acceptors (Lipinski definition) is 6. The molecule has 0 radical (unpaired) electrons. The molecule has 28 heavy (non-hydrogen) atoms. The van der Waals surface area contributed by atoms with Crippen LogP contribution in [0.1, 0.15) is 12.5 Å². The summed E-state index contributed by atoms with van der Waals surface area (Å²) in [5, 5.41) is 20.9. The van der Waals surface area contributed by atoms with E-state index in [2.05, 4.69) is 22.4 Å². The van der Waals surface area contributed by atoms with E-state index in [0.717, 1.165) is 22.5 Å². The van der Waals surface area contributed by atoms with Gasteiger partial charge >= 0.3 is 0 Å². The second-order valence-corrected chi connectivity index (χ2v) is 6.41. The number of aryl methyl sites for hydroxylation is 1. The smallest absolute Gasteiger partial charge is 0.277 e. The van der Waals surface area contributed by atoms with Crippen molar-refractivity contribution in [3.8, 4) is 5.69 Å². The van der Waals surface area contributed by atoms with Crippen LogP contribution in [0.3, 0.4) is 0 Å². The SMILES string of the molecule is CCc1ccc(-n2nc3ccc(NC4=CC(=O)N(CCO)C4=O)cc3n2)cc1. The number of anilines is 1. The lowest BCUT2D eigenvalue weighted by atomic mass is 10.2. The second-order valence-electron chi connectivity index (χ2n) is 6.41. The fourth-order valence-corrected chi connectivity index (χ4v) is 3.04. The number of aliphatic hydroxyl groups is 1. The van der Waals surface area contributed by atoms with E-state index in [4.69, 9.17) is 5.11 Å². The molecule has 2 heterocycles. The number of aliphatic hydroxyl groups excluding tert-OH is 1. The average Bonchev–Trinajstić information content (AvgIpc) is 3.24. The first kappa shape index (κ1) is 17.9. The van der Waals surface area contributed by atoms with Crippen LogP contribution >= 0.6 is 0 Å². The number of hydrogen-bond donors (Lipinski definition) is 2. The Kier molecular flexibility index (Phi) is 4.62. The summed E-state index contributed by atoms with van der Waals surface area (Å²) in [4.78, 5) is 26.7. The van der Waals surface area contributed by atoms with Gasteiger partial charge in [-0.05, 0) is 42.3 Å². The molecule has 0 saturated carbocycles. The summed E-state index contributed by atoms with van der Waals surface area (Å²) >= 11 is 0. The molecule has 0 fully saturated rings. The topological polar surface area (TPSA) is 100 Å². The summed E-state index contributed by atoms with van der Waals surface area (Å²) in [6, 6.07) is 13.4. The lowest BCUT2D eigenvalue weighted by Crippen LogP contribution is -2.34. The number of benzene rings is 2. The van der Waals surface area contributed by atoms with Crippen molar-refractivity contribution in [2.45, 2.75) is 13.3 Å². The molecule has 8 nitrogen and oxygen atoms in total. The molecule has 1 aliphatic rings. The first-order valence-corrected chi connectivity index (χ1v) is 9.01. The summed E-state index contributed by atoms with van der Waals surface area (Å²) in [6.07, 6.45) is 2.20. The molecular weight excluding hydrogens is 358 g/mol. The molecule has 1 aromatic heterocycles. The number of imide groups is 1. The molecule has 3 aromatic rings. The molecule has 0 saturated heterocycles. The Hall–Kier alpha value is -3.52. The summed E-state index contributed by atoms with van der Waals surface area (Å²) in [7, 11) is 0. The van der Waals surface area contributed by atoms with Gasteiger partial charge in [-0.25, -0.2) is 0 Å². The van der Waals surface area contributed by atoms with Crippen LogP contribution in [-0.2, 0) is 16.0 Å². The molecule has 0 aliphatic carbocycles. The number of nitrogens with zero attached hydrogens (tertiary/aromatic N) is 4. The van der Waals surface area contributed by atoms with Gasteiger partial charge in [0.1, 0.15) is 16.7 Å². The van der Waals surface area contributed by atoms with Gasteiger partial charge in [-0.2, -0.15) is 4.80 Å². The van der Waals surface area contributed by atoms with E-state index >= 15 is 0 Å². The maximum atomic E-state index is 12.2. The molecule has 2 aromatic carbocycles. The quantitative estimate of drug-likeness (QED) is 0.634. The Balaban J connectivity index is 1.57. The maximum absolute atomic E-state index is 12.2. The van der Waals surface area contributed by atoms with Crippen molar-refractivity contribution >= 4 is 28.5 Å². The van der Waals surface area contributed by atoms with E-state index in [9.17, 15) is 9.59 Å². The van der Waals surface area contributed by atoms with Gasteiger partial charge in [0.2, 0.25) is 0 Å². The van der Waals surface area contributed by atoms with Crippen molar-refractivity contribution in [3.05, 3.63) is 59.8 Å². The Morgan fingerprint density at radius 1 is 1.04 bits per heavy atom. The molecule has 0 unspecified atom stereocenters. The lowest BCUT2D eigenvalue weighted by molar-refractivity contribution is -0.137. The largest absolute Gasteiger partial charge is 0.395 e. The van der Waals surface area contributed by atoms with Crippen molar-refractivity contribution in [1.29, 1.82) is 0 Å². The molecule has 8 heteroatoms. The van der Waals surface area contributed by atoms with E-state index < -0.39 is 11.8 Å². The highest BCUT2D eigenvalue weighted by molar-refractivity contribution is 6.17. The first-order valence-electron chi connectivity index (χ1n) is 9.01. The number of carbonyl (C=O) groups is 2. The second kappa shape index (κ2) is 7.24. The molecular formula is C20H19N5O3. The van der Waals surface area contributed by atoms with Gasteiger partial charge in [-0.15, -0.1) is 10.2 Å². The number of fused-ring (bicyclic) bond motifs is 1. The maximum Gasteiger partial charge on any atom is 0.277 e. The van der Waals surface area contributed by atoms with E-state index in [1.165, 1.54) is 11.6 Å². The van der Waals surface area contributed by atoms with E-state index in [1.807, 2.05) is 24.3 Å². The molecule has 0 spiro atoms. The van der Waals surface area contributed by atoms with Crippen LogP contribution in [0.5, 0.6) is 0 Å². The predicted octanol–water partition coefficient (Wildman–Crippen LogP) is 1.64. The summed E-state index contributed by atoms with van der Waals surface area (Å²) in [6.45, 7) is 1.81. The summed E-state index contributed by atoms with van der Waals surface area (Å²) in [5.41, 5.74) is 4.27. The van der Waals surface area contributed by atoms with Gasteiger partial charge in [0.05, 0.1) is 18.8 Å². The van der Waals surface area contributed by atoms with Gasteiger partial charge in [0.15, 0.2) is 0 Å². The Labute approximate surface area is 161 Å². The van der Waals surface area contributed by atoms with Crippen LogP contribution in [0.4, 0.5) is 5.69 Å². The highest BCUT2D eigenvalue weighted by Gasteiger charge is 2.30. The minimum atomic E-state index is -0.459. The normalized spacial score (nSPS) is 14.1. The van der Waals surface area contributed by atoms with Crippen molar-refractivity contribution in [2.24, 2.45) is 0 Å². The van der Waals surface area contributed by atoms with Crippen LogP contribution in [-0.4, -0.2) is 50.0 Å². The van der Waals surface area contributed by atoms with Crippen LogP contribution < -0.4 is 5.32 Å². The zero-order valence-electron chi connectivity index (χ0n) is 15.3. The first-order chi connectivity index (χ1) is 13.6. The number of β-amino-alcohol motifs (C(OH)–C–C–N with tert-alkyl or cyclic N) is 1. The van der Waals surface area contributed by atoms with Crippen LogP contribution in [0.25, 0.3) is 16.7 Å². The number of rotatable bonds is 6. The van der Waals surface area contributed by atoms with Crippen molar-refractivity contribution in [1.82, 2.24) is 19.9 Å². The summed E-state index contributed by atoms with van der Waals surface area (Å²) in [5.74, 6) is -0.900. The van der Waals surface area contributed by atoms with Crippen molar-refractivity contribution in [2.75, 3.05) is 18.5 Å². The van der Waals surface area contributed by atoms with Crippen LogP contribution in [0.2, 0.25) is 0 Å². The number of amides is 2. The van der Waals surface area contributed by atoms with Crippen LogP contribution in [0, 0.1) is 0 Å². The lowest BCUT2D eigenvalue weighted by Gasteiger charge is -2.13. The molecule has 0 atom stereocenters. The molecule has 0 bridgehead atoms. The minimum Gasteiger partial charge on any atom is -0.395 e. The average molecular weight is 377 g/mol. The van der Waals surface area contributed by atoms with E-state index in [1.54, 1.807) is 23.0 Å². The number of aromatic nitrogens is 3. The highest BCUT2D eigenvalue weighted by Crippen LogP contribution is 2.21. The highest BCUT2D eigenvalue weighted by atomic mass is 16.3. The van der Waals surface area contributed by atoms with E-state index in [0.29, 0.717) is 11.2 Å². The van der Waals surface area contributed by atoms with Gasteiger partial charge < -0.3 is 10.4 Å². The standard InChI is InChI=1S/C20H19N5O3/c1-2-13-3-6-15(7-4-13)25-22-16-8-5-14(11-17(16)23-25)21-18-12-19(27)24(9-10-26)20(18)28/h3-8,11-12,21,26H,2,9-10H2,1H3. The molecule has 1 aliphatic heterocycles. The van der Waals surface area contributed by atoms with Gasteiger partial charge in [-0.1, -0.05) is 19.1 Å². The Morgan fingerprint density at radius 2 is 1.79 bits per heavy atom. The fraction of sp³-hybridized carbons (Fsp3) is 0.200. The third-order valence-electron chi connectivity index (χ3n) is 4.57. The zero-order chi connectivity index (χ0) is 19.7. The third-order valence-corrected chi connectivity index (χ3v) is 4.57. The molecule has 2 amide bonds. The van der Waals surface area contributed by atoms with Gasteiger partial charge in [0, 0.05) is 11.8 Å². The van der Waals surface area contributed by atoms with E-state index in [-0.39, 0.29) is 18.8 Å². The van der Waals surface area contributed by atoms with Crippen LogP contribution in [0.15, 0.2) is 54.2 Å². The molecule has 142 valence electrons. The minimum absolute atomic E-state index is 0.0243. The van der Waals surface area contributed by atoms with Crippen molar-refractivity contribution < 1.29 is 14.7 Å². The Morgan fingerprint density at radius 3 is 2.50 bits per heavy atom. The number of carbonyl (C=O) groups excluding carboxylic acids is 2. The van der Waals surface area contributed by atoms with Gasteiger partial charge in [0.25, 0.3) is 11.8 Å². The monoisotopic (exact) mass is 377 g/mol. The molecule has 2 N–H and O–H groups in total. The summed E-state index contributed by atoms with van der Waals surface area (Å²) < 4.78 is 0. The zero-order valence-corrected chi connectivity index (χ0v) is 15.3. The predicted molar refractivity (Wildman–Crippen MR) is 104 cm³/mol. The molecule has 4 rings (SSSR count). The Bertz CT molecular complexity index is 1080. The van der Waals surface area contributed by atoms with Gasteiger partial charge in [-0.3, -0.25) is 14.5 Å².